The highest BCUT2D eigenvalue weighted by molar-refractivity contribution is 14.0. The molecule has 2 aromatic carbocycles. The number of fused-ring (bicyclic) bond motifs is 1. The lowest BCUT2D eigenvalue weighted by atomic mass is 10.1. The predicted molar refractivity (Wildman–Crippen MR) is 130 cm³/mol. The molecule has 0 amide bonds. The van der Waals surface area contributed by atoms with Crippen molar-refractivity contribution in [2.24, 2.45) is 4.99 Å². The van der Waals surface area contributed by atoms with Crippen LogP contribution in [0.3, 0.4) is 0 Å². The molecule has 0 bridgehead atoms. The number of hydrogen-bond acceptors (Lipinski definition) is 4. The van der Waals surface area contributed by atoms with E-state index in [-0.39, 0.29) is 24.0 Å². The van der Waals surface area contributed by atoms with Crippen LogP contribution in [0.25, 0.3) is 22.4 Å². The van der Waals surface area contributed by atoms with E-state index in [0.29, 0.717) is 13.1 Å². The van der Waals surface area contributed by atoms with E-state index in [4.69, 9.17) is 9.41 Å². The van der Waals surface area contributed by atoms with Gasteiger partial charge in [-0.2, -0.15) is 5.10 Å². The second-order valence-electron chi connectivity index (χ2n) is 6.81. The van der Waals surface area contributed by atoms with Crippen molar-refractivity contribution in [3.63, 3.8) is 0 Å². The average molecular weight is 516 g/mol. The van der Waals surface area contributed by atoms with E-state index < -0.39 is 0 Å². The summed E-state index contributed by atoms with van der Waals surface area (Å²) in [6, 6.07) is 18.3. The summed E-state index contributed by atoms with van der Waals surface area (Å²) in [7, 11) is 2.01. The Balaban J connectivity index is 0.00000256. The van der Waals surface area contributed by atoms with Crippen molar-refractivity contribution in [3.05, 3.63) is 72.2 Å². The Labute approximate surface area is 192 Å². The van der Waals surface area contributed by atoms with E-state index in [1.54, 1.807) is 0 Å². The maximum Gasteiger partial charge on any atom is 0.194 e. The molecule has 4 rings (SSSR count). The van der Waals surface area contributed by atoms with Crippen molar-refractivity contribution < 1.29 is 4.42 Å². The van der Waals surface area contributed by atoms with Crippen LogP contribution in [-0.4, -0.2) is 39.6 Å². The van der Waals surface area contributed by atoms with Gasteiger partial charge in [-0.25, -0.2) is 9.98 Å². The predicted octanol–water partition coefficient (Wildman–Crippen LogP) is 4.43. The lowest BCUT2D eigenvalue weighted by Gasteiger charge is -2.21. The topological polar surface area (TPSA) is 82.3 Å². The molecular weight excluding hydrogens is 491 g/mol. The smallest absolute Gasteiger partial charge is 0.194 e. The van der Waals surface area contributed by atoms with Gasteiger partial charge in [0.2, 0.25) is 0 Å². The van der Waals surface area contributed by atoms with E-state index in [2.05, 4.69) is 56.6 Å². The minimum absolute atomic E-state index is 0. The second kappa shape index (κ2) is 10.2. The van der Waals surface area contributed by atoms with Gasteiger partial charge in [-0.15, -0.1) is 24.0 Å². The number of guanidine groups is 1. The number of benzene rings is 2. The van der Waals surface area contributed by atoms with Crippen molar-refractivity contribution in [3.8, 4) is 11.4 Å². The van der Waals surface area contributed by atoms with Gasteiger partial charge in [0, 0.05) is 24.5 Å². The monoisotopic (exact) mass is 516 g/mol. The third-order valence-corrected chi connectivity index (χ3v) is 4.59. The van der Waals surface area contributed by atoms with Gasteiger partial charge in [-0.1, -0.05) is 36.4 Å². The molecule has 0 saturated carbocycles. The normalized spacial score (nSPS) is 11.3. The third-order valence-electron chi connectivity index (χ3n) is 4.59. The molecule has 4 aromatic rings. The Hall–Kier alpha value is -2.88. The number of H-pyrrole nitrogens is 1. The Morgan fingerprint density at radius 1 is 1.17 bits per heavy atom. The van der Waals surface area contributed by atoms with Crippen LogP contribution in [0.5, 0.6) is 0 Å². The summed E-state index contributed by atoms with van der Waals surface area (Å²) in [6.07, 6.45) is 1.51. The van der Waals surface area contributed by atoms with E-state index >= 15 is 0 Å². The molecule has 30 heavy (non-hydrogen) atoms. The van der Waals surface area contributed by atoms with Crippen LogP contribution in [0.4, 0.5) is 0 Å². The average Bonchev–Trinajstić information content (AvgIpc) is 3.40. The molecule has 0 aliphatic rings. The zero-order valence-corrected chi connectivity index (χ0v) is 19.3. The van der Waals surface area contributed by atoms with Crippen LogP contribution in [-0.2, 0) is 13.1 Å². The maximum absolute atomic E-state index is 5.95. The first kappa shape index (κ1) is 21.8. The quantitative estimate of drug-likeness (QED) is 0.225. The van der Waals surface area contributed by atoms with Crippen molar-refractivity contribution in [1.82, 2.24) is 25.4 Å². The van der Waals surface area contributed by atoms with Crippen LogP contribution in [0.2, 0.25) is 0 Å². The number of nitrogens with zero attached hydrogens (tertiary/aromatic N) is 4. The number of nitrogens with one attached hydrogen (secondary N) is 2. The number of halogens is 1. The highest BCUT2D eigenvalue weighted by Gasteiger charge is 2.10. The fraction of sp³-hybridized carbons (Fsp3) is 0.227. The van der Waals surface area contributed by atoms with E-state index in [1.807, 2.05) is 37.4 Å². The largest absolute Gasteiger partial charge is 0.459 e. The first-order valence-corrected chi connectivity index (χ1v) is 9.64. The summed E-state index contributed by atoms with van der Waals surface area (Å²) in [6.45, 7) is 4.06. The van der Waals surface area contributed by atoms with Gasteiger partial charge in [-0.3, -0.25) is 5.10 Å². The summed E-state index contributed by atoms with van der Waals surface area (Å²) in [5.74, 6) is 2.49. The van der Waals surface area contributed by atoms with Crippen molar-refractivity contribution in [2.45, 2.75) is 20.0 Å². The van der Waals surface area contributed by atoms with Gasteiger partial charge in [0.1, 0.15) is 17.7 Å². The second-order valence-corrected chi connectivity index (χ2v) is 6.81. The van der Waals surface area contributed by atoms with Gasteiger partial charge in [-0.05, 0) is 30.7 Å². The number of furan rings is 1. The standard InChI is InChI=1S/C22H24N6O.HI/c1-3-23-22(28(2)14-19-12-17-8-4-5-10-20(17)29-19)24-13-16-7-6-9-18(11-16)21-25-15-26-27-21;/h4-12,15H,3,13-14H2,1-2H3,(H,23,24)(H,25,26,27);1H. The SMILES string of the molecule is CCNC(=NCc1cccc(-c2ncn[nH]2)c1)N(C)Cc1cc2ccccc2o1.I. The number of aromatic amines is 1. The van der Waals surface area contributed by atoms with Crippen LogP contribution >= 0.6 is 24.0 Å². The van der Waals surface area contributed by atoms with Gasteiger partial charge in [0.15, 0.2) is 11.8 Å². The minimum atomic E-state index is 0. The molecule has 0 saturated heterocycles. The number of aromatic nitrogens is 3. The van der Waals surface area contributed by atoms with Crippen molar-refractivity contribution in [2.75, 3.05) is 13.6 Å². The van der Waals surface area contributed by atoms with Crippen LogP contribution < -0.4 is 5.32 Å². The summed E-state index contributed by atoms with van der Waals surface area (Å²) < 4.78 is 5.95. The van der Waals surface area contributed by atoms with Gasteiger partial charge >= 0.3 is 0 Å². The summed E-state index contributed by atoms with van der Waals surface area (Å²) in [5.41, 5.74) is 3.00. The van der Waals surface area contributed by atoms with Gasteiger partial charge < -0.3 is 14.6 Å². The third kappa shape index (κ3) is 5.18. The zero-order chi connectivity index (χ0) is 20.1. The van der Waals surface area contributed by atoms with E-state index in [0.717, 1.165) is 46.2 Å². The first-order chi connectivity index (χ1) is 14.2. The van der Waals surface area contributed by atoms with Crippen molar-refractivity contribution in [1.29, 1.82) is 0 Å². The molecule has 7 nitrogen and oxygen atoms in total. The molecular formula is C22H25IN6O. The van der Waals surface area contributed by atoms with Crippen molar-refractivity contribution >= 4 is 40.9 Å². The molecule has 0 fully saturated rings. The molecule has 156 valence electrons. The zero-order valence-electron chi connectivity index (χ0n) is 17.0. The lowest BCUT2D eigenvalue weighted by molar-refractivity contribution is 0.412. The molecule has 0 radical (unpaired) electrons. The van der Waals surface area contributed by atoms with E-state index in [9.17, 15) is 0 Å². The molecule has 0 spiro atoms. The number of hydrogen-bond donors (Lipinski definition) is 2. The van der Waals surface area contributed by atoms with Crippen LogP contribution in [0, 0.1) is 0 Å². The minimum Gasteiger partial charge on any atom is -0.459 e. The van der Waals surface area contributed by atoms with Gasteiger partial charge in [0.05, 0.1) is 13.1 Å². The fourth-order valence-electron chi connectivity index (χ4n) is 3.22. The summed E-state index contributed by atoms with van der Waals surface area (Å²) in [5, 5.41) is 11.3. The Kier molecular flexibility index (Phi) is 7.45. The Morgan fingerprint density at radius 2 is 2.03 bits per heavy atom. The molecule has 0 unspecified atom stereocenters. The summed E-state index contributed by atoms with van der Waals surface area (Å²) in [4.78, 5) is 11.1. The number of aliphatic imine (C=N–C) groups is 1. The maximum atomic E-state index is 5.95. The molecule has 2 aromatic heterocycles. The number of rotatable bonds is 6. The van der Waals surface area contributed by atoms with Crippen LogP contribution in [0.1, 0.15) is 18.2 Å². The molecule has 2 heterocycles. The Morgan fingerprint density at radius 3 is 2.80 bits per heavy atom. The number of para-hydroxylation sites is 1. The highest BCUT2D eigenvalue weighted by Crippen LogP contribution is 2.20. The molecule has 0 atom stereocenters. The van der Waals surface area contributed by atoms with Gasteiger partial charge in [0.25, 0.3) is 0 Å². The molecule has 8 heteroatoms. The molecule has 2 N–H and O–H groups in total. The fourth-order valence-corrected chi connectivity index (χ4v) is 3.22. The first-order valence-electron chi connectivity index (χ1n) is 9.64. The molecule has 0 aliphatic carbocycles. The Bertz CT molecular complexity index is 1070. The highest BCUT2D eigenvalue weighted by atomic mass is 127. The van der Waals surface area contributed by atoms with E-state index in [1.165, 1.54) is 6.33 Å². The van der Waals surface area contributed by atoms with Crippen LogP contribution in [0.15, 0.2) is 70.3 Å². The summed E-state index contributed by atoms with van der Waals surface area (Å²) >= 11 is 0. The molecule has 0 aliphatic heterocycles. The lowest BCUT2D eigenvalue weighted by Crippen LogP contribution is -2.38.